The number of nitrogens with zero attached hydrogens (tertiary/aromatic N) is 1. The van der Waals surface area contributed by atoms with Crippen LogP contribution < -0.4 is 10.6 Å². The average molecular weight is 526 g/mol. The SMILES string of the molecule is CCOC(=O)CCNC(=O)C(c1ccc(O)c(C)c1)N(C)C(=O)C(CCSC)NC(=O)OC(C)(C)C. The van der Waals surface area contributed by atoms with Gasteiger partial charge in [-0.3, -0.25) is 14.4 Å². The fourth-order valence-corrected chi connectivity index (χ4v) is 3.80. The number of ether oxygens (including phenoxy) is 2. The molecule has 1 rings (SSSR count). The molecule has 1 aromatic rings. The Kier molecular flexibility index (Phi) is 12.6. The van der Waals surface area contributed by atoms with Crippen molar-refractivity contribution >= 4 is 35.6 Å². The third-order valence-electron chi connectivity index (χ3n) is 5.05. The summed E-state index contributed by atoms with van der Waals surface area (Å²) in [5.74, 6) is -0.793. The normalized spacial score (nSPS) is 12.8. The van der Waals surface area contributed by atoms with E-state index in [-0.39, 0.29) is 25.3 Å². The van der Waals surface area contributed by atoms with Crippen LogP contribution in [-0.2, 0) is 23.9 Å². The van der Waals surface area contributed by atoms with Crippen LogP contribution in [0.25, 0.3) is 0 Å². The maximum atomic E-state index is 13.5. The molecule has 0 aliphatic heterocycles. The second-order valence-electron chi connectivity index (χ2n) is 9.22. The van der Waals surface area contributed by atoms with Crippen molar-refractivity contribution in [3.8, 4) is 5.75 Å². The largest absolute Gasteiger partial charge is 0.508 e. The molecule has 0 fully saturated rings. The van der Waals surface area contributed by atoms with Gasteiger partial charge >= 0.3 is 12.1 Å². The molecule has 10 nitrogen and oxygen atoms in total. The van der Waals surface area contributed by atoms with Gasteiger partial charge < -0.3 is 30.1 Å². The molecule has 2 unspecified atom stereocenters. The Balaban J connectivity index is 3.20. The number of rotatable bonds is 12. The van der Waals surface area contributed by atoms with Gasteiger partial charge in [-0.05, 0) is 76.3 Å². The van der Waals surface area contributed by atoms with Gasteiger partial charge in [-0.1, -0.05) is 6.07 Å². The molecule has 0 radical (unpaired) electrons. The quantitative estimate of drug-likeness (QED) is 0.355. The van der Waals surface area contributed by atoms with Crippen LogP contribution in [0.3, 0.4) is 0 Å². The molecule has 0 spiro atoms. The van der Waals surface area contributed by atoms with Gasteiger partial charge in [0.2, 0.25) is 11.8 Å². The minimum Gasteiger partial charge on any atom is -0.508 e. The molecule has 2 atom stereocenters. The minimum atomic E-state index is -1.07. The summed E-state index contributed by atoms with van der Waals surface area (Å²) in [4.78, 5) is 52.1. The summed E-state index contributed by atoms with van der Waals surface area (Å²) in [6.07, 6.45) is 1.47. The van der Waals surface area contributed by atoms with Crippen LogP contribution in [0.4, 0.5) is 4.79 Å². The standard InChI is InChI=1S/C25H39N3O7S/c1-8-34-20(30)11-13-26-22(31)21(17-9-10-19(29)16(2)15-17)28(6)23(32)18(12-14-36-7)27-24(33)35-25(3,4)5/h9-10,15,18,21,29H,8,11-14H2,1-7H3,(H,26,31)(H,27,33). The molecule has 0 bridgehead atoms. The molecule has 0 heterocycles. The molecule has 3 N–H and O–H groups in total. The number of hydrogen-bond acceptors (Lipinski definition) is 8. The first-order valence-electron chi connectivity index (χ1n) is 11.8. The van der Waals surface area contributed by atoms with E-state index in [9.17, 15) is 24.3 Å². The monoisotopic (exact) mass is 525 g/mol. The Morgan fingerprint density at radius 2 is 1.86 bits per heavy atom. The van der Waals surface area contributed by atoms with E-state index < -0.39 is 41.6 Å². The molecule has 1 aromatic carbocycles. The first-order chi connectivity index (χ1) is 16.8. The number of alkyl carbamates (subject to hydrolysis) is 1. The summed E-state index contributed by atoms with van der Waals surface area (Å²) in [6, 6.07) is 2.63. The number of likely N-dealkylation sites (N-methyl/N-ethyl adjacent to an activating group) is 1. The van der Waals surface area contributed by atoms with Crippen molar-refractivity contribution in [1.29, 1.82) is 0 Å². The van der Waals surface area contributed by atoms with E-state index in [4.69, 9.17) is 9.47 Å². The maximum absolute atomic E-state index is 13.5. The van der Waals surface area contributed by atoms with Crippen LogP contribution >= 0.6 is 11.8 Å². The predicted octanol–water partition coefficient (Wildman–Crippen LogP) is 2.92. The number of carbonyl (C=O) groups is 4. The molecule has 0 aromatic heterocycles. The molecule has 11 heteroatoms. The van der Waals surface area contributed by atoms with Crippen LogP contribution in [0.1, 0.15) is 57.7 Å². The Hall–Kier alpha value is -2.95. The van der Waals surface area contributed by atoms with Crippen molar-refractivity contribution < 1.29 is 33.8 Å². The summed E-state index contributed by atoms with van der Waals surface area (Å²) >= 11 is 1.52. The highest BCUT2D eigenvalue weighted by Gasteiger charge is 2.34. The number of carbonyl (C=O) groups excluding carboxylic acids is 4. The number of aryl methyl sites for hydroxylation is 1. The third kappa shape index (κ3) is 10.3. The van der Waals surface area contributed by atoms with Gasteiger partial charge in [0.05, 0.1) is 13.0 Å². The van der Waals surface area contributed by atoms with Crippen LogP contribution in [0.2, 0.25) is 0 Å². The van der Waals surface area contributed by atoms with E-state index in [0.717, 1.165) is 0 Å². The van der Waals surface area contributed by atoms with Crippen LogP contribution in [0.5, 0.6) is 5.75 Å². The Bertz CT molecular complexity index is 917. The number of aromatic hydroxyl groups is 1. The highest BCUT2D eigenvalue weighted by Crippen LogP contribution is 2.26. The zero-order valence-corrected chi connectivity index (χ0v) is 23.0. The number of amides is 3. The van der Waals surface area contributed by atoms with Gasteiger partial charge in [-0.15, -0.1) is 0 Å². The summed E-state index contributed by atoms with van der Waals surface area (Å²) in [7, 11) is 1.48. The smallest absolute Gasteiger partial charge is 0.408 e. The number of phenols is 1. The molecule has 0 aliphatic rings. The van der Waals surface area contributed by atoms with Gasteiger partial charge in [0.15, 0.2) is 0 Å². The Labute approximate surface area is 217 Å². The lowest BCUT2D eigenvalue weighted by molar-refractivity contribution is -0.143. The van der Waals surface area contributed by atoms with Gasteiger partial charge in [-0.2, -0.15) is 11.8 Å². The number of benzene rings is 1. The number of thioether (sulfide) groups is 1. The second-order valence-corrected chi connectivity index (χ2v) is 10.2. The lowest BCUT2D eigenvalue weighted by atomic mass is 10.0. The van der Waals surface area contributed by atoms with E-state index in [1.165, 1.54) is 29.8 Å². The predicted molar refractivity (Wildman–Crippen MR) is 139 cm³/mol. The Morgan fingerprint density at radius 1 is 1.19 bits per heavy atom. The highest BCUT2D eigenvalue weighted by atomic mass is 32.2. The zero-order chi connectivity index (χ0) is 27.5. The molecule has 0 saturated carbocycles. The number of esters is 1. The van der Waals surface area contributed by atoms with Crippen molar-refractivity contribution in [2.24, 2.45) is 0 Å². The summed E-state index contributed by atoms with van der Waals surface area (Å²) in [6.45, 7) is 8.81. The van der Waals surface area contributed by atoms with Gasteiger partial charge in [0, 0.05) is 13.6 Å². The van der Waals surface area contributed by atoms with Crippen molar-refractivity contribution in [2.45, 2.75) is 65.1 Å². The van der Waals surface area contributed by atoms with E-state index in [1.807, 2.05) is 6.26 Å². The molecule has 0 saturated heterocycles. The number of hydrogen-bond donors (Lipinski definition) is 3. The topological polar surface area (TPSA) is 134 Å². The molecular formula is C25H39N3O7S. The van der Waals surface area contributed by atoms with Crippen LogP contribution in [0.15, 0.2) is 18.2 Å². The fraction of sp³-hybridized carbons (Fsp3) is 0.600. The summed E-state index contributed by atoms with van der Waals surface area (Å²) in [5.41, 5.74) is 0.257. The van der Waals surface area contributed by atoms with E-state index in [0.29, 0.717) is 23.3 Å². The van der Waals surface area contributed by atoms with Crippen molar-refractivity contribution in [3.05, 3.63) is 29.3 Å². The van der Waals surface area contributed by atoms with E-state index >= 15 is 0 Å². The molecule has 0 aliphatic carbocycles. The number of phenolic OH excluding ortho intramolecular Hbond substituents is 1. The second kappa shape index (κ2) is 14.6. The van der Waals surface area contributed by atoms with E-state index in [1.54, 1.807) is 46.8 Å². The molecule has 202 valence electrons. The highest BCUT2D eigenvalue weighted by molar-refractivity contribution is 7.98. The lowest BCUT2D eigenvalue weighted by Crippen LogP contribution is -2.52. The molecule has 36 heavy (non-hydrogen) atoms. The van der Waals surface area contributed by atoms with Crippen molar-refractivity contribution in [3.63, 3.8) is 0 Å². The minimum absolute atomic E-state index is 0.0187. The first kappa shape index (κ1) is 31.1. The van der Waals surface area contributed by atoms with Crippen molar-refractivity contribution in [1.82, 2.24) is 15.5 Å². The van der Waals surface area contributed by atoms with Crippen LogP contribution in [-0.4, -0.2) is 77.7 Å². The molecular weight excluding hydrogens is 486 g/mol. The maximum Gasteiger partial charge on any atom is 0.408 e. The zero-order valence-electron chi connectivity index (χ0n) is 22.2. The Morgan fingerprint density at radius 3 is 2.42 bits per heavy atom. The third-order valence-corrected chi connectivity index (χ3v) is 5.70. The lowest BCUT2D eigenvalue weighted by Gasteiger charge is -2.32. The molecule has 3 amide bonds. The van der Waals surface area contributed by atoms with Crippen LogP contribution in [0, 0.1) is 6.92 Å². The fourth-order valence-electron chi connectivity index (χ4n) is 3.33. The van der Waals surface area contributed by atoms with E-state index in [2.05, 4.69) is 10.6 Å². The summed E-state index contributed by atoms with van der Waals surface area (Å²) in [5, 5.41) is 15.3. The average Bonchev–Trinajstić information content (AvgIpc) is 2.77. The first-order valence-corrected chi connectivity index (χ1v) is 13.2. The van der Waals surface area contributed by atoms with Crippen molar-refractivity contribution in [2.75, 3.05) is 32.2 Å². The van der Waals surface area contributed by atoms with Gasteiger partial charge in [-0.25, -0.2) is 4.79 Å². The summed E-state index contributed by atoms with van der Waals surface area (Å²) < 4.78 is 10.2. The van der Waals surface area contributed by atoms with Gasteiger partial charge in [0.25, 0.3) is 0 Å². The van der Waals surface area contributed by atoms with Gasteiger partial charge in [0.1, 0.15) is 23.4 Å². The number of nitrogens with one attached hydrogen (secondary N) is 2.